The molecule has 194 valence electrons. The van der Waals surface area contributed by atoms with Crippen molar-refractivity contribution in [2.24, 2.45) is 0 Å². The molecule has 0 radical (unpaired) electrons. The van der Waals surface area contributed by atoms with E-state index >= 15 is 0 Å². The smallest absolute Gasteiger partial charge is 0.258 e. The number of nitrogens with zero attached hydrogens (tertiary/aromatic N) is 3. The molecule has 1 atom stereocenters. The Hall–Kier alpha value is -2.65. The quantitative estimate of drug-likeness (QED) is 0.500. The number of aliphatic hydroxyl groups excluding tert-OH is 1. The van der Waals surface area contributed by atoms with Gasteiger partial charge in [0.2, 0.25) is 0 Å². The number of nitrogens with one attached hydrogen (secondary N) is 1. The summed E-state index contributed by atoms with van der Waals surface area (Å²) < 4.78 is 0. The summed E-state index contributed by atoms with van der Waals surface area (Å²) in [7, 11) is 1.64. The second-order valence-corrected chi connectivity index (χ2v) is 10.3. The lowest BCUT2D eigenvalue weighted by Crippen LogP contribution is -2.61. The zero-order chi connectivity index (χ0) is 25.9. The summed E-state index contributed by atoms with van der Waals surface area (Å²) in [5, 5.41) is 23.8. The van der Waals surface area contributed by atoms with Crippen molar-refractivity contribution in [3.05, 3.63) is 64.7 Å². The zero-order valence-corrected chi connectivity index (χ0v) is 21.6. The third kappa shape index (κ3) is 5.67. The largest absolute Gasteiger partial charge is 0.395 e. The first-order valence-corrected chi connectivity index (χ1v) is 12.8. The molecular formula is C27H35ClN4O4. The number of benzene rings is 2. The zero-order valence-electron chi connectivity index (χ0n) is 20.9. The van der Waals surface area contributed by atoms with Gasteiger partial charge < -0.3 is 25.3 Å². The molecule has 9 heteroatoms. The van der Waals surface area contributed by atoms with Crippen LogP contribution in [0.5, 0.6) is 0 Å². The maximum Gasteiger partial charge on any atom is 0.258 e. The third-order valence-corrected chi connectivity index (χ3v) is 7.60. The van der Waals surface area contributed by atoms with Gasteiger partial charge in [-0.1, -0.05) is 41.9 Å². The summed E-state index contributed by atoms with van der Waals surface area (Å²) in [4.78, 5) is 31.1. The van der Waals surface area contributed by atoms with Gasteiger partial charge in [-0.2, -0.15) is 0 Å². The Kier molecular flexibility index (Phi) is 8.20. The minimum absolute atomic E-state index is 0.0957. The van der Waals surface area contributed by atoms with Crippen LogP contribution in [-0.2, 0) is 10.4 Å². The number of carbonyl (C=O) groups is 2. The molecule has 36 heavy (non-hydrogen) atoms. The van der Waals surface area contributed by atoms with Gasteiger partial charge >= 0.3 is 0 Å². The fourth-order valence-electron chi connectivity index (χ4n) is 5.00. The van der Waals surface area contributed by atoms with Crippen molar-refractivity contribution in [3.63, 3.8) is 0 Å². The molecule has 0 bridgehead atoms. The van der Waals surface area contributed by atoms with Crippen molar-refractivity contribution in [3.8, 4) is 0 Å². The number of hydrogen-bond donors (Lipinski definition) is 3. The van der Waals surface area contributed by atoms with E-state index in [1.54, 1.807) is 43.1 Å². The topological polar surface area (TPSA) is 96.4 Å². The predicted molar refractivity (Wildman–Crippen MR) is 140 cm³/mol. The summed E-state index contributed by atoms with van der Waals surface area (Å²) in [6, 6.07) is 15.2. The van der Waals surface area contributed by atoms with Crippen LogP contribution in [0.15, 0.2) is 48.5 Å². The number of anilines is 1. The number of likely N-dealkylation sites (tertiary alicyclic amines) is 2. The molecule has 2 heterocycles. The van der Waals surface area contributed by atoms with Gasteiger partial charge in [0.25, 0.3) is 11.8 Å². The normalized spacial score (nSPS) is 18.9. The molecule has 0 aliphatic carbocycles. The van der Waals surface area contributed by atoms with Gasteiger partial charge in [-0.05, 0) is 43.5 Å². The van der Waals surface area contributed by atoms with Crippen LogP contribution >= 0.6 is 11.6 Å². The first-order chi connectivity index (χ1) is 17.2. The van der Waals surface area contributed by atoms with Gasteiger partial charge in [-0.15, -0.1) is 0 Å². The van der Waals surface area contributed by atoms with Crippen LogP contribution in [0, 0.1) is 0 Å². The molecule has 2 aliphatic heterocycles. The number of halogens is 1. The number of piperidine rings is 1. The number of rotatable bonds is 8. The lowest BCUT2D eigenvalue weighted by Gasteiger charge is -2.48. The first kappa shape index (κ1) is 26.4. The van der Waals surface area contributed by atoms with Crippen molar-refractivity contribution < 1.29 is 19.8 Å². The van der Waals surface area contributed by atoms with Gasteiger partial charge in [0, 0.05) is 51.5 Å². The average Bonchev–Trinajstić information content (AvgIpc) is 2.86. The number of likely N-dealkylation sites (N-methyl/N-ethyl adjacent to an activating group) is 1. The predicted octanol–water partition coefficient (Wildman–Crippen LogP) is 2.40. The highest BCUT2D eigenvalue weighted by Gasteiger charge is 2.40. The molecule has 0 aromatic heterocycles. The Morgan fingerprint density at radius 2 is 1.81 bits per heavy atom. The maximum absolute atomic E-state index is 13.0. The Balaban J connectivity index is 1.24. The summed E-state index contributed by atoms with van der Waals surface area (Å²) in [6.45, 7) is 4.81. The summed E-state index contributed by atoms with van der Waals surface area (Å²) in [5.74, 6) is -0.456. The minimum Gasteiger partial charge on any atom is -0.395 e. The molecule has 8 nitrogen and oxygen atoms in total. The lowest BCUT2D eigenvalue weighted by molar-refractivity contribution is -0.152. The van der Waals surface area contributed by atoms with Gasteiger partial charge in [-0.25, -0.2) is 0 Å². The Labute approximate surface area is 217 Å². The summed E-state index contributed by atoms with van der Waals surface area (Å²) in [5.41, 5.74) is 0.384. The second-order valence-electron chi connectivity index (χ2n) is 9.90. The van der Waals surface area contributed by atoms with E-state index in [4.69, 9.17) is 16.7 Å². The molecule has 0 spiro atoms. The van der Waals surface area contributed by atoms with Crippen molar-refractivity contribution in [2.75, 3.05) is 51.7 Å². The highest BCUT2D eigenvalue weighted by molar-refractivity contribution is 6.34. The van der Waals surface area contributed by atoms with Crippen LogP contribution in [0.1, 0.15) is 35.7 Å². The van der Waals surface area contributed by atoms with E-state index in [-0.39, 0.29) is 31.0 Å². The van der Waals surface area contributed by atoms with E-state index < -0.39 is 5.60 Å². The summed E-state index contributed by atoms with van der Waals surface area (Å²) in [6.07, 6.45) is 1.76. The van der Waals surface area contributed by atoms with Crippen molar-refractivity contribution in [1.82, 2.24) is 14.7 Å². The Morgan fingerprint density at radius 1 is 1.14 bits per heavy atom. The second kappa shape index (κ2) is 11.2. The molecule has 0 saturated carbocycles. The van der Waals surface area contributed by atoms with Crippen LogP contribution in [0.4, 0.5) is 5.69 Å². The van der Waals surface area contributed by atoms with Crippen LogP contribution < -0.4 is 5.32 Å². The van der Waals surface area contributed by atoms with Gasteiger partial charge in [0.15, 0.2) is 5.60 Å². The highest BCUT2D eigenvalue weighted by atomic mass is 35.5. The van der Waals surface area contributed by atoms with Crippen molar-refractivity contribution in [2.45, 2.75) is 37.5 Å². The maximum atomic E-state index is 13.0. The highest BCUT2D eigenvalue weighted by Crippen LogP contribution is 2.29. The lowest BCUT2D eigenvalue weighted by atomic mass is 9.92. The molecule has 2 amide bonds. The fraction of sp³-hybridized carbons (Fsp3) is 0.481. The molecule has 3 N–H and O–H groups in total. The van der Waals surface area contributed by atoms with Crippen molar-refractivity contribution >= 4 is 29.1 Å². The molecule has 2 aliphatic rings. The van der Waals surface area contributed by atoms with Crippen LogP contribution in [-0.4, -0.2) is 95.2 Å². The van der Waals surface area contributed by atoms with Gasteiger partial charge in [0.1, 0.15) is 0 Å². The molecular weight excluding hydrogens is 480 g/mol. The third-order valence-electron chi connectivity index (χ3n) is 7.28. The molecule has 2 aromatic carbocycles. The van der Waals surface area contributed by atoms with E-state index in [9.17, 15) is 14.7 Å². The van der Waals surface area contributed by atoms with E-state index in [0.29, 0.717) is 35.3 Å². The first-order valence-electron chi connectivity index (χ1n) is 12.4. The van der Waals surface area contributed by atoms with Gasteiger partial charge in [-0.3, -0.25) is 14.5 Å². The number of aliphatic hydroxyl groups is 2. The average molecular weight is 515 g/mol. The fourth-order valence-corrected chi connectivity index (χ4v) is 5.26. The van der Waals surface area contributed by atoms with Crippen LogP contribution in [0.2, 0.25) is 5.02 Å². The molecule has 0 unspecified atom stereocenters. The SMILES string of the molecule is CN(CCO)C(=O)c1ccc(NC2CN(C3CCN(C(=O)[C@@](C)(O)c4ccccc4)CC3)C2)cc1Cl. The Bertz CT molecular complexity index is 1070. The monoisotopic (exact) mass is 514 g/mol. The molecule has 4 rings (SSSR count). The Morgan fingerprint density at radius 3 is 2.42 bits per heavy atom. The summed E-state index contributed by atoms with van der Waals surface area (Å²) >= 11 is 6.36. The van der Waals surface area contributed by atoms with E-state index in [2.05, 4.69) is 10.2 Å². The minimum atomic E-state index is -1.52. The number of hydrogen-bond acceptors (Lipinski definition) is 6. The van der Waals surface area contributed by atoms with Crippen LogP contribution in [0.25, 0.3) is 0 Å². The van der Waals surface area contributed by atoms with Crippen molar-refractivity contribution in [1.29, 1.82) is 0 Å². The standard InChI is InChI=1S/C27H35ClN4O4/c1-27(36,19-6-4-3-5-7-19)26(35)31-12-10-22(11-13-31)32-17-21(18-32)29-20-8-9-23(24(28)16-20)25(34)30(2)14-15-33/h3-9,16,21-22,29,33,36H,10-15,17-18H2,1-2H3/t27-/m0/s1. The van der Waals surface area contributed by atoms with Crippen LogP contribution in [0.3, 0.4) is 0 Å². The number of amides is 2. The van der Waals surface area contributed by atoms with E-state index in [1.807, 2.05) is 24.3 Å². The molecule has 2 aromatic rings. The van der Waals surface area contributed by atoms with E-state index in [0.717, 1.165) is 31.6 Å². The number of carbonyl (C=O) groups excluding carboxylic acids is 2. The van der Waals surface area contributed by atoms with Gasteiger partial charge in [0.05, 0.1) is 23.2 Å². The molecule has 2 saturated heterocycles. The van der Waals surface area contributed by atoms with E-state index in [1.165, 1.54) is 4.90 Å². The molecule has 2 fully saturated rings.